The van der Waals surface area contributed by atoms with Crippen molar-refractivity contribution in [2.75, 3.05) is 18.0 Å². The van der Waals surface area contributed by atoms with Gasteiger partial charge in [-0.15, -0.1) is 10.2 Å². The molecule has 0 bridgehead atoms. The third-order valence-electron chi connectivity index (χ3n) is 5.74. The molecule has 3 aromatic rings. The van der Waals surface area contributed by atoms with Crippen molar-refractivity contribution in [3.63, 3.8) is 0 Å². The molecule has 144 valence electrons. The van der Waals surface area contributed by atoms with Gasteiger partial charge in [0.15, 0.2) is 0 Å². The second kappa shape index (κ2) is 6.78. The number of aryl methyl sites for hydroxylation is 2. The fraction of sp³-hybridized carbons (Fsp3) is 0.381. The number of halogens is 1. The third kappa shape index (κ3) is 3.11. The molecule has 6 nitrogen and oxygen atoms in total. The van der Waals surface area contributed by atoms with Crippen LogP contribution < -0.4 is 9.64 Å². The summed E-state index contributed by atoms with van der Waals surface area (Å²) in [5.74, 6) is 2.89. The summed E-state index contributed by atoms with van der Waals surface area (Å²) >= 11 is 6.37. The minimum atomic E-state index is -0.115. The summed E-state index contributed by atoms with van der Waals surface area (Å²) in [6.07, 6.45) is 5.77. The molecule has 7 heteroatoms. The molecule has 0 amide bonds. The van der Waals surface area contributed by atoms with Crippen molar-refractivity contribution in [2.24, 2.45) is 0 Å². The Bertz CT molecular complexity index is 994. The summed E-state index contributed by atoms with van der Waals surface area (Å²) in [6, 6.07) is 10.0. The van der Waals surface area contributed by atoms with Crippen LogP contribution in [-0.4, -0.2) is 33.9 Å². The van der Waals surface area contributed by atoms with Crippen molar-refractivity contribution in [1.29, 1.82) is 0 Å². The molecule has 0 N–H and O–H groups in total. The SMILES string of the molecule is Cc1nnc(-c2ccc(N3CCC4(CCc5cccc(Cl)c5O4)CC3)nc2)o1. The van der Waals surface area contributed by atoms with Gasteiger partial charge in [0.05, 0.1) is 10.6 Å². The van der Waals surface area contributed by atoms with E-state index in [1.807, 2.05) is 24.3 Å². The van der Waals surface area contributed by atoms with Gasteiger partial charge in [0.25, 0.3) is 0 Å². The van der Waals surface area contributed by atoms with E-state index < -0.39 is 0 Å². The van der Waals surface area contributed by atoms with E-state index in [9.17, 15) is 0 Å². The van der Waals surface area contributed by atoms with Gasteiger partial charge in [0.2, 0.25) is 11.8 Å². The molecule has 2 aromatic heterocycles. The van der Waals surface area contributed by atoms with Gasteiger partial charge in [0.1, 0.15) is 17.2 Å². The van der Waals surface area contributed by atoms with E-state index in [4.69, 9.17) is 20.8 Å². The number of rotatable bonds is 2. The van der Waals surface area contributed by atoms with E-state index >= 15 is 0 Å². The molecule has 1 spiro atoms. The highest BCUT2D eigenvalue weighted by molar-refractivity contribution is 6.32. The molecule has 0 aliphatic carbocycles. The maximum Gasteiger partial charge on any atom is 0.249 e. The maximum atomic E-state index is 6.45. The Labute approximate surface area is 168 Å². The van der Waals surface area contributed by atoms with Crippen LogP contribution >= 0.6 is 11.6 Å². The second-order valence-corrected chi connectivity index (χ2v) is 7.94. The van der Waals surface area contributed by atoms with Crippen LogP contribution in [0.1, 0.15) is 30.7 Å². The minimum absolute atomic E-state index is 0.115. The quantitative estimate of drug-likeness (QED) is 0.637. The average Bonchev–Trinajstić information content (AvgIpc) is 3.16. The van der Waals surface area contributed by atoms with Crippen molar-refractivity contribution >= 4 is 17.4 Å². The van der Waals surface area contributed by atoms with Gasteiger partial charge < -0.3 is 14.1 Å². The van der Waals surface area contributed by atoms with Gasteiger partial charge in [0, 0.05) is 39.1 Å². The molecule has 0 saturated carbocycles. The lowest BCUT2D eigenvalue weighted by atomic mass is 9.83. The van der Waals surface area contributed by atoms with Crippen molar-refractivity contribution in [2.45, 2.75) is 38.2 Å². The molecule has 0 atom stereocenters. The Morgan fingerprint density at radius 1 is 1.07 bits per heavy atom. The van der Waals surface area contributed by atoms with Crippen LogP contribution in [0.3, 0.4) is 0 Å². The molecule has 1 saturated heterocycles. The predicted octanol–water partition coefficient (Wildman–Crippen LogP) is 4.46. The summed E-state index contributed by atoms with van der Waals surface area (Å²) in [5.41, 5.74) is 1.93. The molecule has 2 aliphatic rings. The molecular formula is C21H21ClN4O2. The Morgan fingerprint density at radius 3 is 2.64 bits per heavy atom. The molecule has 1 aromatic carbocycles. The lowest BCUT2D eigenvalue weighted by Crippen LogP contribution is -2.50. The number of pyridine rings is 1. The Hall–Kier alpha value is -2.60. The zero-order valence-electron chi connectivity index (χ0n) is 15.7. The van der Waals surface area contributed by atoms with E-state index in [-0.39, 0.29) is 5.60 Å². The molecule has 4 heterocycles. The summed E-state index contributed by atoms with van der Waals surface area (Å²) in [7, 11) is 0. The molecule has 28 heavy (non-hydrogen) atoms. The molecular weight excluding hydrogens is 376 g/mol. The summed E-state index contributed by atoms with van der Waals surface area (Å²) < 4.78 is 11.9. The lowest BCUT2D eigenvalue weighted by Gasteiger charge is -2.45. The number of fused-ring (bicyclic) bond motifs is 1. The highest BCUT2D eigenvalue weighted by Gasteiger charge is 2.40. The lowest BCUT2D eigenvalue weighted by molar-refractivity contribution is 0.0226. The fourth-order valence-corrected chi connectivity index (χ4v) is 4.34. The van der Waals surface area contributed by atoms with Gasteiger partial charge >= 0.3 is 0 Å². The second-order valence-electron chi connectivity index (χ2n) is 7.53. The van der Waals surface area contributed by atoms with Gasteiger partial charge in [-0.05, 0) is 36.6 Å². The summed E-state index contributed by atoms with van der Waals surface area (Å²) in [5, 5.41) is 8.63. The Balaban J connectivity index is 1.28. The van der Waals surface area contributed by atoms with Crippen LogP contribution in [0, 0.1) is 6.92 Å². The van der Waals surface area contributed by atoms with Crippen LogP contribution in [0.4, 0.5) is 5.82 Å². The van der Waals surface area contributed by atoms with Gasteiger partial charge in [-0.1, -0.05) is 23.7 Å². The molecule has 0 radical (unpaired) electrons. The first-order valence-corrected chi connectivity index (χ1v) is 9.98. The number of anilines is 1. The predicted molar refractivity (Wildman–Crippen MR) is 107 cm³/mol. The van der Waals surface area contributed by atoms with Crippen molar-refractivity contribution in [3.05, 3.63) is 53.0 Å². The van der Waals surface area contributed by atoms with Crippen LogP contribution in [0.15, 0.2) is 40.9 Å². The van der Waals surface area contributed by atoms with Gasteiger partial charge in [-0.25, -0.2) is 4.98 Å². The fourth-order valence-electron chi connectivity index (χ4n) is 4.10. The Morgan fingerprint density at radius 2 is 1.93 bits per heavy atom. The van der Waals surface area contributed by atoms with E-state index in [2.05, 4.69) is 26.1 Å². The van der Waals surface area contributed by atoms with Gasteiger partial charge in [-0.3, -0.25) is 0 Å². The summed E-state index contributed by atoms with van der Waals surface area (Å²) in [6.45, 7) is 3.60. The first-order valence-electron chi connectivity index (χ1n) is 9.60. The smallest absolute Gasteiger partial charge is 0.249 e. The topological polar surface area (TPSA) is 64.3 Å². The number of piperidine rings is 1. The zero-order chi connectivity index (χ0) is 19.1. The van der Waals surface area contributed by atoms with E-state index in [0.717, 1.165) is 55.9 Å². The van der Waals surface area contributed by atoms with Crippen LogP contribution in [0.5, 0.6) is 5.75 Å². The molecule has 0 unspecified atom stereocenters. The molecule has 1 fully saturated rings. The largest absolute Gasteiger partial charge is 0.485 e. The highest BCUT2D eigenvalue weighted by atomic mass is 35.5. The van der Waals surface area contributed by atoms with E-state index in [1.54, 1.807) is 13.1 Å². The molecule has 2 aliphatic heterocycles. The van der Waals surface area contributed by atoms with E-state index in [0.29, 0.717) is 16.8 Å². The number of nitrogens with zero attached hydrogens (tertiary/aromatic N) is 4. The van der Waals surface area contributed by atoms with Crippen molar-refractivity contribution in [3.8, 4) is 17.2 Å². The third-order valence-corrected chi connectivity index (χ3v) is 6.03. The number of hydrogen-bond donors (Lipinski definition) is 0. The standard InChI is InChI=1S/C21H21ClN4O2/c1-14-24-25-20(27-14)16-5-6-18(23-13-16)26-11-9-21(10-12-26)8-7-15-3-2-4-17(22)19(15)28-21/h2-6,13H,7-12H2,1H3. The van der Waals surface area contributed by atoms with Gasteiger partial charge in [-0.2, -0.15) is 0 Å². The number of aromatic nitrogens is 3. The highest BCUT2D eigenvalue weighted by Crippen LogP contribution is 2.43. The zero-order valence-corrected chi connectivity index (χ0v) is 16.4. The van der Waals surface area contributed by atoms with Crippen molar-refractivity contribution in [1.82, 2.24) is 15.2 Å². The van der Waals surface area contributed by atoms with Crippen molar-refractivity contribution < 1.29 is 9.15 Å². The normalized spacial score (nSPS) is 18.0. The van der Waals surface area contributed by atoms with Crippen LogP contribution in [0.2, 0.25) is 5.02 Å². The van der Waals surface area contributed by atoms with Crippen LogP contribution in [0.25, 0.3) is 11.5 Å². The average molecular weight is 397 g/mol. The maximum absolute atomic E-state index is 6.45. The monoisotopic (exact) mass is 396 g/mol. The number of para-hydroxylation sites is 1. The number of ether oxygens (including phenoxy) is 1. The molecule has 5 rings (SSSR count). The number of hydrogen-bond acceptors (Lipinski definition) is 6. The summed E-state index contributed by atoms with van der Waals surface area (Å²) in [4.78, 5) is 6.91. The minimum Gasteiger partial charge on any atom is -0.485 e. The number of benzene rings is 1. The van der Waals surface area contributed by atoms with Crippen LogP contribution in [-0.2, 0) is 6.42 Å². The van der Waals surface area contributed by atoms with E-state index in [1.165, 1.54) is 5.56 Å². The first kappa shape index (κ1) is 17.5. The Kier molecular flexibility index (Phi) is 4.23. The first-order chi connectivity index (χ1) is 13.6.